The van der Waals surface area contributed by atoms with E-state index in [0.29, 0.717) is 0 Å². The highest BCUT2D eigenvalue weighted by atomic mass is 16.5. The summed E-state index contributed by atoms with van der Waals surface area (Å²) >= 11 is 0. The summed E-state index contributed by atoms with van der Waals surface area (Å²) in [6.45, 7) is 6.35. The number of ether oxygens (including phenoxy) is 1. The number of hydrogen-bond donors (Lipinski definition) is 2. The molecule has 1 atom stereocenters. The zero-order chi connectivity index (χ0) is 13.8. The maximum Gasteiger partial charge on any atom is 0.121 e. The van der Waals surface area contributed by atoms with Gasteiger partial charge >= 0.3 is 0 Å². The molecule has 0 spiro atoms. The molecule has 1 aromatic rings. The molecule has 0 aliphatic carbocycles. The lowest BCUT2D eigenvalue weighted by Crippen LogP contribution is -2.48. The van der Waals surface area contributed by atoms with Gasteiger partial charge in [0.05, 0.1) is 24.6 Å². The van der Waals surface area contributed by atoms with E-state index in [-0.39, 0.29) is 6.10 Å². The van der Waals surface area contributed by atoms with E-state index < -0.39 is 0 Å². The zero-order valence-electron chi connectivity index (χ0n) is 11.7. The van der Waals surface area contributed by atoms with Crippen LogP contribution in [-0.4, -0.2) is 55.9 Å². The number of aliphatic hydroxyl groups excluding tert-OH is 1. The number of hydrogen-bond acceptors (Lipinski definition) is 5. The molecule has 0 saturated carbocycles. The molecule has 1 unspecified atom stereocenters. The smallest absolute Gasteiger partial charge is 0.121 e. The Bertz CT molecular complexity index is 415. The van der Waals surface area contributed by atoms with Gasteiger partial charge in [0.15, 0.2) is 0 Å². The number of β-amino-alcohol motifs (C(OH)–C–C–N with tert-alkyl or cyclic N) is 1. The van der Waals surface area contributed by atoms with Crippen molar-refractivity contribution in [3.63, 3.8) is 0 Å². The summed E-state index contributed by atoms with van der Waals surface area (Å²) in [6.07, 6.45) is -0.266. The first-order chi connectivity index (χ1) is 9.10. The van der Waals surface area contributed by atoms with Crippen LogP contribution < -0.4 is 15.4 Å². The van der Waals surface area contributed by atoms with Gasteiger partial charge in [0.1, 0.15) is 5.75 Å². The molecule has 1 heterocycles. The van der Waals surface area contributed by atoms with Crippen LogP contribution in [0.2, 0.25) is 0 Å². The molecule has 0 aromatic heterocycles. The third-order valence-corrected chi connectivity index (χ3v) is 3.47. The number of nitrogens with two attached hydrogens (primary N) is 1. The first-order valence-electron chi connectivity index (χ1n) is 6.69. The molecule has 3 N–H and O–H groups in total. The van der Waals surface area contributed by atoms with Gasteiger partial charge in [-0.1, -0.05) is 0 Å². The van der Waals surface area contributed by atoms with Crippen LogP contribution in [0.3, 0.4) is 0 Å². The Kier molecular flexibility index (Phi) is 4.50. The van der Waals surface area contributed by atoms with E-state index in [4.69, 9.17) is 10.5 Å². The Morgan fingerprint density at radius 1 is 1.32 bits per heavy atom. The molecule has 5 nitrogen and oxygen atoms in total. The Morgan fingerprint density at radius 2 is 2.00 bits per heavy atom. The number of benzene rings is 1. The monoisotopic (exact) mass is 265 g/mol. The summed E-state index contributed by atoms with van der Waals surface area (Å²) in [7, 11) is 1.64. The lowest BCUT2D eigenvalue weighted by Gasteiger charge is -2.37. The Labute approximate surface area is 114 Å². The van der Waals surface area contributed by atoms with Crippen molar-refractivity contribution in [2.45, 2.75) is 13.0 Å². The summed E-state index contributed by atoms with van der Waals surface area (Å²) in [5.41, 5.74) is 7.89. The highest BCUT2D eigenvalue weighted by Crippen LogP contribution is 2.28. The summed E-state index contributed by atoms with van der Waals surface area (Å²) in [5, 5.41) is 9.40. The fourth-order valence-corrected chi connectivity index (χ4v) is 2.49. The highest BCUT2D eigenvalue weighted by molar-refractivity contribution is 5.69. The molecule has 1 aliphatic heterocycles. The average Bonchev–Trinajstić information content (AvgIpc) is 2.39. The van der Waals surface area contributed by atoms with Gasteiger partial charge in [-0.05, 0) is 19.1 Å². The molecule has 106 valence electrons. The number of rotatable bonds is 4. The molecule has 1 saturated heterocycles. The predicted octanol–water partition coefficient (Wildman–Crippen LogP) is 0.780. The minimum Gasteiger partial charge on any atom is -0.497 e. The van der Waals surface area contributed by atoms with E-state index >= 15 is 0 Å². The molecule has 1 fully saturated rings. The van der Waals surface area contributed by atoms with E-state index in [0.717, 1.165) is 49.8 Å². The van der Waals surface area contributed by atoms with E-state index in [1.807, 2.05) is 25.1 Å². The van der Waals surface area contributed by atoms with Crippen LogP contribution in [0, 0.1) is 0 Å². The SMILES string of the molecule is COc1ccc(N2CCN(CC(C)O)CC2)c(N)c1. The normalized spacial score (nSPS) is 18.4. The first-order valence-corrected chi connectivity index (χ1v) is 6.69. The van der Waals surface area contributed by atoms with Crippen molar-refractivity contribution in [2.24, 2.45) is 0 Å². The molecule has 1 aliphatic rings. The van der Waals surface area contributed by atoms with E-state index in [1.54, 1.807) is 7.11 Å². The van der Waals surface area contributed by atoms with E-state index in [9.17, 15) is 5.11 Å². The van der Waals surface area contributed by atoms with Crippen LogP contribution in [0.5, 0.6) is 5.75 Å². The van der Waals surface area contributed by atoms with Crippen LogP contribution >= 0.6 is 0 Å². The van der Waals surface area contributed by atoms with Crippen LogP contribution in [0.25, 0.3) is 0 Å². The second-order valence-electron chi connectivity index (χ2n) is 5.06. The minimum atomic E-state index is -0.266. The molecule has 19 heavy (non-hydrogen) atoms. The highest BCUT2D eigenvalue weighted by Gasteiger charge is 2.19. The fraction of sp³-hybridized carbons (Fsp3) is 0.571. The van der Waals surface area contributed by atoms with Crippen molar-refractivity contribution < 1.29 is 9.84 Å². The Balaban J connectivity index is 1.97. The van der Waals surface area contributed by atoms with Gasteiger partial charge in [-0.2, -0.15) is 0 Å². The molecule has 0 radical (unpaired) electrons. The zero-order valence-corrected chi connectivity index (χ0v) is 11.7. The molecule has 1 aromatic carbocycles. The van der Waals surface area contributed by atoms with Gasteiger partial charge in [0.25, 0.3) is 0 Å². The maximum absolute atomic E-state index is 9.40. The number of nitrogen functional groups attached to an aromatic ring is 1. The minimum absolute atomic E-state index is 0.266. The standard InChI is InChI=1S/C14H23N3O2/c1-11(18)10-16-5-7-17(8-6-16)14-4-3-12(19-2)9-13(14)15/h3-4,9,11,18H,5-8,10,15H2,1-2H3. The second kappa shape index (κ2) is 6.12. The van der Waals surface area contributed by atoms with Gasteiger partial charge in [-0.15, -0.1) is 0 Å². The quantitative estimate of drug-likeness (QED) is 0.788. The predicted molar refractivity (Wildman–Crippen MR) is 77.7 cm³/mol. The molecule has 0 amide bonds. The van der Waals surface area contributed by atoms with Crippen LogP contribution in [0.15, 0.2) is 18.2 Å². The van der Waals surface area contributed by atoms with Crippen molar-refractivity contribution in [3.05, 3.63) is 18.2 Å². The summed E-state index contributed by atoms with van der Waals surface area (Å²) in [6, 6.07) is 5.81. The number of aliphatic hydroxyl groups is 1. The third kappa shape index (κ3) is 3.52. The van der Waals surface area contributed by atoms with E-state index in [1.165, 1.54) is 0 Å². The lowest BCUT2D eigenvalue weighted by molar-refractivity contribution is 0.123. The first kappa shape index (κ1) is 14.0. The molecule has 0 bridgehead atoms. The van der Waals surface area contributed by atoms with Crippen LogP contribution in [0.1, 0.15) is 6.92 Å². The molecule has 2 rings (SSSR count). The summed E-state index contributed by atoms with van der Waals surface area (Å²) < 4.78 is 5.16. The van der Waals surface area contributed by atoms with Gasteiger partial charge in [0, 0.05) is 38.8 Å². The van der Waals surface area contributed by atoms with Crippen molar-refractivity contribution in [2.75, 3.05) is 50.5 Å². The van der Waals surface area contributed by atoms with Crippen molar-refractivity contribution in [1.29, 1.82) is 0 Å². The van der Waals surface area contributed by atoms with Crippen LogP contribution in [0.4, 0.5) is 11.4 Å². The van der Waals surface area contributed by atoms with Gasteiger partial charge in [-0.3, -0.25) is 4.90 Å². The fourth-order valence-electron chi connectivity index (χ4n) is 2.49. The molecule has 5 heteroatoms. The van der Waals surface area contributed by atoms with Crippen molar-refractivity contribution in [1.82, 2.24) is 4.90 Å². The number of anilines is 2. The second-order valence-corrected chi connectivity index (χ2v) is 5.06. The van der Waals surface area contributed by atoms with E-state index in [2.05, 4.69) is 9.80 Å². The topological polar surface area (TPSA) is 62.0 Å². The largest absolute Gasteiger partial charge is 0.497 e. The Morgan fingerprint density at radius 3 is 2.53 bits per heavy atom. The van der Waals surface area contributed by atoms with Crippen molar-refractivity contribution in [3.8, 4) is 5.75 Å². The lowest BCUT2D eigenvalue weighted by atomic mass is 10.2. The number of piperazine rings is 1. The number of nitrogens with zero attached hydrogens (tertiary/aromatic N) is 2. The summed E-state index contributed by atoms with van der Waals surface area (Å²) in [4.78, 5) is 4.56. The van der Waals surface area contributed by atoms with Crippen molar-refractivity contribution >= 4 is 11.4 Å². The Hall–Kier alpha value is -1.46. The molecular weight excluding hydrogens is 242 g/mol. The summed E-state index contributed by atoms with van der Waals surface area (Å²) in [5.74, 6) is 0.786. The average molecular weight is 265 g/mol. The van der Waals surface area contributed by atoms with Gasteiger partial charge in [0.2, 0.25) is 0 Å². The number of methoxy groups -OCH3 is 1. The molecular formula is C14H23N3O2. The van der Waals surface area contributed by atoms with Crippen LogP contribution in [-0.2, 0) is 0 Å². The third-order valence-electron chi connectivity index (χ3n) is 3.47. The maximum atomic E-state index is 9.40. The van der Waals surface area contributed by atoms with Gasteiger partial charge in [-0.25, -0.2) is 0 Å². The van der Waals surface area contributed by atoms with Gasteiger partial charge < -0.3 is 20.5 Å².